The van der Waals surface area contributed by atoms with Crippen LogP contribution in [0, 0.1) is 5.92 Å². The zero-order chi connectivity index (χ0) is 23.8. The smallest absolute Gasteiger partial charge is 0.230 e. The molecular weight excluding hydrogens is 454 g/mol. The molecule has 0 radical (unpaired) electrons. The number of benzene rings is 2. The maximum Gasteiger partial charge on any atom is 0.230 e. The van der Waals surface area contributed by atoms with E-state index in [0.29, 0.717) is 19.4 Å². The van der Waals surface area contributed by atoms with Crippen molar-refractivity contribution >= 4 is 33.9 Å². The molecule has 0 bridgehead atoms. The fourth-order valence-corrected chi connectivity index (χ4v) is 6.12. The molecule has 2 amide bonds. The lowest BCUT2D eigenvalue weighted by molar-refractivity contribution is -0.137. The summed E-state index contributed by atoms with van der Waals surface area (Å²) in [5, 5.41) is 4.61. The first kappa shape index (κ1) is 23.4. The van der Waals surface area contributed by atoms with Gasteiger partial charge in [-0.2, -0.15) is 0 Å². The van der Waals surface area contributed by atoms with Crippen LogP contribution in [0.1, 0.15) is 31.2 Å². The molecule has 8 nitrogen and oxygen atoms in total. The van der Waals surface area contributed by atoms with Crippen LogP contribution in [0.4, 0.5) is 0 Å². The van der Waals surface area contributed by atoms with Gasteiger partial charge in [-0.15, -0.1) is 4.31 Å². The van der Waals surface area contributed by atoms with Crippen molar-refractivity contribution in [1.82, 2.24) is 14.5 Å². The third-order valence-electron chi connectivity index (χ3n) is 7.23. The van der Waals surface area contributed by atoms with E-state index < -0.39 is 11.4 Å². The summed E-state index contributed by atoms with van der Waals surface area (Å²) in [5.74, 6) is 0.860. The highest BCUT2D eigenvalue weighted by molar-refractivity contribution is 7.88. The van der Waals surface area contributed by atoms with Gasteiger partial charge in [-0.1, -0.05) is 12.1 Å². The first-order valence-corrected chi connectivity index (χ1v) is 13.4. The lowest BCUT2D eigenvalue weighted by atomic mass is 9.77. The summed E-state index contributed by atoms with van der Waals surface area (Å²) < 4.78 is 25.8. The van der Waals surface area contributed by atoms with Crippen LogP contribution in [0.15, 0.2) is 30.3 Å². The first-order valence-electron chi connectivity index (χ1n) is 11.9. The van der Waals surface area contributed by atoms with E-state index in [9.17, 15) is 14.1 Å². The van der Waals surface area contributed by atoms with E-state index in [2.05, 4.69) is 16.3 Å². The molecule has 3 aliphatic rings. The van der Waals surface area contributed by atoms with Crippen LogP contribution in [-0.2, 0) is 21.0 Å². The van der Waals surface area contributed by atoms with Gasteiger partial charge in [0.05, 0.1) is 13.1 Å². The molecule has 0 aliphatic carbocycles. The van der Waals surface area contributed by atoms with E-state index in [4.69, 9.17) is 9.47 Å². The number of imide groups is 1. The van der Waals surface area contributed by atoms with Crippen LogP contribution in [-0.4, -0.2) is 77.3 Å². The lowest BCUT2D eigenvalue weighted by Crippen LogP contribution is -2.49. The molecule has 3 aliphatic heterocycles. The van der Waals surface area contributed by atoms with E-state index in [-0.39, 0.29) is 29.8 Å². The van der Waals surface area contributed by atoms with Crippen LogP contribution in [0.2, 0.25) is 0 Å². The van der Waals surface area contributed by atoms with Gasteiger partial charge in [0.15, 0.2) is 0 Å². The molecule has 3 heterocycles. The molecular formula is C25H31N3O5S. The first-order chi connectivity index (χ1) is 16.4. The second-order valence-corrected chi connectivity index (χ2v) is 10.7. The number of nitrogens with one attached hydrogen (secondary N) is 1. The van der Waals surface area contributed by atoms with E-state index in [1.807, 2.05) is 35.5 Å². The third-order valence-corrected chi connectivity index (χ3v) is 8.32. The Morgan fingerprint density at radius 1 is 1.18 bits per heavy atom. The van der Waals surface area contributed by atoms with Gasteiger partial charge < -0.3 is 14.0 Å². The Bertz CT molecular complexity index is 1090. The Hall–Kier alpha value is -2.33. The van der Waals surface area contributed by atoms with Crippen LogP contribution >= 0.6 is 0 Å². The fourth-order valence-electron chi connectivity index (χ4n) is 5.44. The topological polar surface area (TPSA) is 94.2 Å². The average molecular weight is 486 g/mol. The van der Waals surface area contributed by atoms with Gasteiger partial charge >= 0.3 is 0 Å². The molecule has 2 fully saturated rings. The number of amides is 2. The summed E-state index contributed by atoms with van der Waals surface area (Å²) in [6.45, 7) is 6.84. The number of piperazine rings is 1. The summed E-state index contributed by atoms with van der Waals surface area (Å²) >= 11 is -0.897. The number of piperidine rings is 1. The zero-order valence-corrected chi connectivity index (χ0v) is 20.4. The number of carbonyl (C=O) groups excluding carboxylic acids is 2. The van der Waals surface area contributed by atoms with Crippen molar-refractivity contribution in [3.63, 3.8) is 0 Å². The maximum atomic E-state index is 12.6. The van der Waals surface area contributed by atoms with Gasteiger partial charge in [-0.05, 0) is 42.3 Å². The van der Waals surface area contributed by atoms with Crippen molar-refractivity contribution < 1.29 is 23.6 Å². The number of ether oxygens (including phenoxy) is 2. The minimum Gasteiger partial charge on any atom is -0.598 e. The number of hydrogen-bond donors (Lipinski definition) is 1. The van der Waals surface area contributed by atoms with E-state index in [0.717, 1.165) is 60.6 Å². The molecule has 2 aromatic rings. The van der Waals surface area contributed by atoms with Gasteiger partial charge in [0.1, 0.15) is 30.5 Å². The molecule has 2 saturated heterocycles. The van der Waals surface area contributed by atoms with E-state index in [1.54, 1.807) is 6.26 Å². The molecule has 9 heteroatoms. The predicted octanol–water partition coefficient (Wildman–Crippen LogP) is 2.05. The molecule has 0 aromatic heterocycles. The lowest BCUT2D eigenvalue weighted by Gasteiger charge is -2.33. The predicted molar refractivity (Wildman–Crippen MR) is 130 cm³/mol. The highest BCUT2D eigenvalue weighted by atomic mass is 32.2. The second-order valence-electron chi connectivity index (χ2n) is 9.31. The van der Waals surface area contributed by atoms with Gasteiger partial charge in [-0.3, -0.25) is 19.8 Å². The molecule has 34 heavy (non-hydrogen) atoms. The molecule has 182 valence electrons. The van der Waals surface area contributed by atoms with E-state index >= 15 is 0 Å². The molecule has 2 aromatic carbocycles. The number of carbonyl (C=O) groups is 2. The van der Waals surface area contributed by atoms with Gasteiger partial charge in [-0.25, -0.2) is 0 Å². The number of fused-ring (bicyclic) bond motifs is 3. The van der Waals surface area contributed by atoms with Gasteiger partial charge in [0.25, 0.3) is 0 Å². The maximum absolute atomic E-state index is 12.6. The number of rotatable bonds is 6. The fraction of sp³-hybridized carbons (Fsp3) is 0.520. The summed E-state index contributed by atoms with van der Waals surface area (Å²) in [5.41, 5.74) is 1.05. The van der Waals surface area contributed by atoms with Gasteiger partial charge in [0.2, 0.25) is 11.8 Å². The summed E-state index contributed by atoms with van der Waals surface area (Å²) in [4.78, 5) is 26.6. The highest BCUT2D eigenvalue weighted by Crippen LogP contribution is 2.48. The van der Waals surface area contributed by atoms with Gasteiger partial charge in [0, 0.05) is 54.8 Å². The largest absolute Gasteiger partial charge is 0.598 e. The monoisotopic (exact) mass is 485 g/mol. The van der Waals surface area contributed by atoms with Crippen LogP contribution in [0.3, 0.4) is 0 Å². The normalized spacial score (nSPS) is 26.7. The minimum atomic E-state index is -0.897. The Balaban J connectivity index is 1.28. The Morgan fingerprint density at radius 3 is 2.71 bits per heavy atom. The standard InChI is InChI=1S/C25H31N3O5S/c1-16-23(20-6-8-22(29)26-25(20)30)24-19-5-4-18(15-17(19)3-7-21(24)33-16)32-14-13-27-9-11-28(12-10-27)34(2)31/h3-5,7,15-16,20,23H,6,8-14H2,1-2H3,(H,26,29,30). The SMILES string of the molecule is CC1Oc2ccc3cc(OCCN4CCN([S+](C)[O-])CC4)ccc3c2C1C1CCC(=O)NC1=O. The number of nitrogens with zero attached hydrogens (tertiary/aromatic N) is 2. The van der Waals surface area contributed by atoms with Crippen molar-refractivity contribution in [2.24, 2.45) is 5.92 Å². The molecule has 5 rings (SSSR count). The van der Waals surface area contributed by atoms with Crippen molar-refractivity contribution in [3.8, 4) is 11.5 Å². The van der Waals surface area contributed by atoms with Crippen molar-refractivity contribution in [2.45, 2.75) is 31.8 Å². The molecule has 0 saturated carbocycles. The van der Waals surface area contributed by atoms with Crippen molar-refractivity contribution in [2.75, 3.05) is 45.6 Å². The van der Waals surface area contributed by atoms with Crippen LogP contribution in [0.5, 0.6) is 11.5 Å². The summed E-state index contributed by atoms with van der Waals surface area (Å²) in [7, 11) is 0. The van der Waals surface area contributed by atoms with Crippen LogP contribution in [0.25, 0.3) is 10.8 Å². The Labute approximate surface area is 202 Å². The quantitative estimate of drug-likeness (QED) is 0.494. The molecule has 0 spiro atoms. The van der Waals surface area contributed by atoms with Crippen molar-refractivity contribution in [3.05, 3.63) is 35.9 Å². The summed E-state index contributed by atoms with van der Waals surface area (Å²) in [6, 6.07) is 10.1. The average Bonchev–Trinajstić information content (AvgIpc) is 3.15. The molecule has 1 N–H and O–H groups in total. The minimum absolute atomic E-state index is 0.0883. The highest BCUT2D eigenvalue weighted by Gasteiger charge is 2.43. The Kier molecular flexibility index (Phi) is 6.70. The van der Waals surface area contributed by atoms with E-state index in [1.165, 1.54) is 0 Å². The molecule has 4 unspecified atom stereocenters. The third kappa shape index (κ3) is 4.62. The molecule has 4 atom stereocenters. The summed E-state index contributed by atoms with van der Waals surface area (Å²) in [6.07, 6.45) is 2.50. The Morgan fingerprint density at radius 2 is 1.97 bits per heavy atom. The number of hydrogen-bond acceptors (Lipinski definition) is 7. The zero-order valence-electron chi connectivity index (χ0n) is 19.6. The van der Waals surface area contributed by atoms with Crippen LogP contribution < -0.4 is 14.8 Å². The second kappa shape index (κ2) is 9.73. The van der Waals surface area contributed by atoms with Crippen molar-refractivity contribution in [1.29, 1.82) is 0 Å².